The average molecular weight is 345 g/mol. The lowest BCUT2D eigenvalue weighted by Gasteiger charge is -2.21. The van der Waals surface area contributed by atoms with Crippen molar-refractivity contribution in [3.8, 4) is 0 Å². The Bertz CT molecular complexity index is 899. The number of aromatic nitrogens is 4. The lowest BCUT2D eigenvalue weighted by atomic mass is 10.2. The number of rotatable bonds is 5. The van der Waals surface area contributed by atoms with Crippen molar-refractivity contribution in [1.29, 1.82) is 0 Å². The number of hydrogen-bond donors (Lipinski definition) is 0. The third-order valence-electron chi connectivity index (χ3n) is 4.51. The summed E-state index contributed by atoms with van der Waals surface area (Å²) in [6.07, 6.45) is 4.53. The van der Waals surface area contributed by atoms with E-state index in [1.165, 1.54) is 11.3 Å². The standard InChI is InChI=1S/C16H19N5O2S/c1-2-13-18-15(19-23-13)12-4-3-6-20(12)7-8-21-10-17-11-5-9-24-14(11)16(21)22/h5,9-10,12H,2-4,6-8H2,1H3/t12-/m1/s1. The molecule has 4 heterocycles. The molecule has 3 aromatic heterocycles. The number of fused-ring (bicyclic) bond motifs is 1. The third kappa shape index (κ3) is 2.76. The maximum atomic E-state index is 12.5. The van der Waals surface area contributed by atoms with Gasteiger partial charge in [0.05, 0.1) is 17.9 Å². The van der Waals surface area contributed by atoms with Crippen LogP contribution in [0, 0.1) is 0 Å². The van der Waals surface area contributed by atoms with Gasteiger partial charge in [-0.25, -0.2) is 4.98 Å². The van der Waals surface area contributed by atoms with Crippen LogP contribution in [-0.4, -0.2) is 37.7 Å². The van der Waals surface area contributed by atoms with Crippen LogP contribution in [0.2, 0.25) is 0 Å². The summed E-state index contributed by atoms with van der Waals surface area (Å²) in [4.78, 5) is 23.6. The molecule has 0 saturated carbocycles. The molecule has 1 aliphatic rings. The van der Waals surface area contributed by atoms with Gasteiger partial charge >= 0.3 is 0 Å². The summed E-state index contributed by atoms with van der Waals surface area (Å²) < 4.78 is 7.66. The first-order valence-electron chi connectivity index (χ1n) is 8.25. The van der Waals surface area contributed by atoms with E-state index in [0.717, 1.165) is 48.4 Å². The van der Waals surface area contributed by atoms with E-state index in [2.05, 4.69) is 20.0 Å². The van der Waals surface area contributed by atoms with Gasteiger partial charge in [0.25, 0.3) is 5.56 Å². The van der Waals surface area contributed by atoms with Crippen molar-refractivity contribution in [2.24, 2.45) is 0 Å². The molecule has 126 valence electrons. The summed E-state index contributed by atoms with van der Waals surface area (Å²) in [5.74, 6) is 1.45. The molecule has 0 unspecified atom stereocenters. The summed E-state index contributed by atoms with van der Waals surface area (Å²) in [6, 6.07) is 2.06. The van der Waals surface area contributed by atoms with E-state index in [0.29, 0.717) is 12.4 Å². The number of aryl methyl sites for hydroxylation is 1. The van der Waals surface area contributed by atoms with Gasteiger partial charge in [-0.05, 0) is 30.8 Å². The monoisotopic (exact) mass is 345 g/mol. The van der Waals surface area contributed by atoms with Gasteiger partial charge in [-0.1, -0.05) is 12.1 Å². The zero-order valence-electron chi connectivity index (χ0n) is 13.5. The van der Waals surface area contributed by atoms with Crippen LogP contribution in [0.15, 0.2) is 27.1 Å². The normalized spacial score (nSPS) is 18.6. The first-order chi connectivity index (χ1) is 11.8. The maximum Gasteiger partial charge on any atom is 0.271 e. The van der Waals surface area contributed by atoms with Gasteiger partial charge in [-0.15, -0.1) is 11.3 Å². The lowest BCUT2D eigenvalue weighted by molar-refractivity contribution is 0.232. The SMILES string of the molecule is CCc1nc([C@H]2CCCN2CCn2cnc3ccsc3c2=O)no1. The van der Waals surface area contributed by atoms with Crippen LogP contribution in [0.5, 0.6) is 0 Å². The van der Waals surface area contributed by atoms with Gasteiger partial charge in [-0.2, -0.15) is 4.98 Å². The summed E-state index contributed by atoms with van der Waals surface area (Å²) in [5, 5.41) is 6.02. The van der Waals surface area contributed by atoms with E-state index in [4.69, 9.17) is 4.52 Å². The fourth-order valence-corrected chi connectivity index (χ4v) is 4.00. The Morgan fingerprint density at radius 2 is 2.33 bits per heavy atom. The fourth-order valence-electron chi connectivity index (χ4n) is 3.21. The molecule has 7 nitrogen and oxygen atoms in total. The van der Waals surface area contributed by atoms with Crippen LogP contribution in [-0.2, 0) is 13.0 Å². The highest BCUT2D eigenvalue weighted by molar-refractivity contribution is 7.17. The molecule has 1 saturated heterocycles. The molecular weight excluding hydrogens is 326 g/mol. The van der Waals surface area contributed by atoms with Crippen molar-refractivity contribution in [3.63, 3.8) is 0 Å². The van der Waals surface area contributed by atoms with Gasteiger partial charge < -0.3 is 4.52 Å². The second kappa shape index (κ2) is 6.45. The topological polar surface area (TPSA) is 77.1 Å². The summed E-state index contributed by atoms with van der Waals surface area (Å²) in [7, 11) is 0. The number of likely N-dealkylation sites (tertiary alicyclic amines) is 1. The Balaban J connectivity index is 1.49. The second-order valence-corrected chi connectivity index (χ2v) is 6.89. The van der Waals surface area contributed by atoms with Crippen LogP contribution in [0.1, 0.15) is 37.5 Å². The van der Waals surface area contributed by atoms with Crippen LogP contribution in [0.3, 0.4) is 0 Å². The molecule has 24 heavy (non-hydrogen) atoms. The first-order valence-corrected chi connectivity index (χ1v) is 9.13. The van der Waals surface area contributed by atoms with E-state index >= 15 is 0 Å². The van der Waals surface area contributed by atoms with Crippen molar-refractivity contribution in [2.75, 3.05) is 13.1 Å². The van der Waals surface area contributed by atoms with Gasteiger partial charge in [0.15, 0.2) is 5.82 Å². The summed E-state index contributed by atoms with van der Waals surface area (Å²) >= 11 is 1.45. The summed E-state index contributed by atoms with van der Waals surface area (Å²) in [5.41, 5.74) is 0.817. The van der Waals surface area contributed by atoms with Crippen LogP contribution >= 0.6 is 11.3 Å². The van der Waals surface area contributed by atoms with Gasteiger partial charge in [0, 0.05) is 19.5 Å². The molecule has 4 rings (SSSR count). The Morgan fingerprint density at radius 1 is 1.42 bits per heavy atom. The smallest absolute Gasteiger partial charge is 0.271 e. The van der Waals surface area contributed by atoms with Gasteiger partial charge in [-0.3, -0.25) is 14.3 Å². The Hall–Kier alpha value is -2.06. The van der Waals surface area contributed by atoms with Crippen molar-refractivity contribution in [3.05, 3.63) is 39.8 Å². The van der Waals surface area contributed by atoms with E-state index < -0.39 is 0 Å². The highest BCUT2D eigenvalue weighted by Crippen LogP contribution is 2.29. The molecule has 1 atom stereocenters. The van der Waals surface area contributed by atoms with E-state index in [1.54, 1.807) is 10.9 Å². The number of hydrogen-bond acceptors (Lipinski definition) is 7. The van der Waals surface area contributed by atoms with Crippen molar-refractivity contribution in [1.82, 2.24) is 24.6 Å². The lowest BCUT2D eigenvalue weighted by Crippen LogP contribution is -2.31. The molecule has 0 aliphatic carbocycles. The minimum atomic E-state index is 0.0403. The molecule has 0 N–H and O–H groups in total. The van der Waals surface area contributed by atoms with Crippen LogP contribution in [0.4, 0.5) is 0 Å². The molecule has 1 fully saturated rings. The third-order valence-corrected chi connectivity index (χ3v) is 5.40. The van der Waals surface area contributed by atoms with Gasteiger partial charge in [0.1, 0.15) is 4.70 Å². The highest BCUT2D eigenvalue weighted by Gasteiger charge is 2.29. The molecular formula is C16H19N5O2S. The molecule has 0 spiro atoms. The number of nitrogens with zero attached hydrogens (tertiary/aromatic N) is 5. The Kier molecular flexibility index (Phi) is 4.15. The van der Waals surface area contributed by atoms with Crippen molar-refractivity contribution >= 4 is 21.6 Å². The van der Waals surface area contributed by atoms with Crippen LogP contribution in [0.25, 0.3) is 10.2 Å². The maximum absolute atomic E-state index is 12.5. The average Bonchev–Trinajstić information content (AvgIpc) is 3.33. The van der Waals surface area contributed by atoms with Crippen molar-refractivity contribution < 1.29 is 4.52 Å². The quantitative estimate of drug-likeness (QED) is 0.706. The molecule has 0 radical (unpaired) electrons. The summed E-state index contributed by atoms with van der Waals surface area (Å²) in [6.45, 7) is 4.39. The minimum Gasteiger partial charge on any atom is -0.339 e. The minimum absolute atomic E-state index is 0.0403. The van der Waals surface area contributed by atoms with E-state index in [1.807, 2.05) is 18.4 Å². The molecule has 1 aliphatic heterocycles. The molecule has 0 aromatic carbocycles. The fraction of sp³-hybridized carbons (Fsp3) is 0.500. The predicted molar refractivity (Wildman–Crippen MR) is 91.1 cm³/mol. The van der Waals surface area contributed by atoms with E-state index in [9.17, 15) is 4.79 Å². The zero-order valence-corrected chi connectivity index (χ0v) is 14.3. The van der Waals surface area contributed by atoms with Crippen molar-refractivity contribution in [2.45, 2.75) is 38.8 Å². The zero-order chi connectivity index (χ0) is 16.5. The van der Waals surface area contributed by atoms with Gasteiger partial charge in [0.2, 0.25) is 5.89 Å². The number of thiophene rings is 1. The molecule has 0 amide bonds. The molecule has 0 bridgehead atoms. The first kappa shape index (κ1) is 15.5. The second-order valence-electron chi connectivity index (χ2n) is 5.97. The molecule has 8 heteroatoms. The van der Waals surface area contributed by atoms with Crippen LogP contribution < -0.4 is 5.56 Å². The Morgan fingerprint density at radius 3 is 3.17 bits per heavy atom. The largest absolute Gasteiger partial charge is 0.339 e. The van der Waals surface area contributed by atoms with E-state index in [-0.39, 0.29) is 11.6 Å². The predicted octanol–water partition coefficient (Wildman–Crippen LogP) is 2.24. The Labute approximate surface area is 142 Å². The highest BCUT2D eigenvalue weighted by atomic mass is 32.1. The molecule has 3 aromatic rings.